The third kappa shape index (κ3) is 4.55. The van der Waals surface area contributed by atoms with Crippen molar-refractivity contribution in [3.8, 4) is 0 Å². The number of hydrogen-bond donors (Lipinski definition) is 1. The van der Waals surface area contributed by atoms with Crippen molar-refractivity contribution in [3.05, 3.63) is 0 Å². The van der Waals surface area contributed by atoms with Crippen LogP contribution in [0.4, 0.5) is 0 Å². The minimum absolute atomic E-state index is 0.593. The number of rotatable bonds is 8. The molecule has 108 valence electrons. The molecule has 1 aliphatic rings. The van der Waals surface area contributed by atoms with Crippen LogP contribution in [0.5, 0.6) is 0 Å². The SMILES string of the molecule is CCCC(C)C(CN)N(CC(C)C)C1CCCC1. The van der Waals surface area contributed by atoms with Gasteiger partial charge in [-0.05, 0) is 31.1 Å². The van der Waals surface area contributed by atoms with Crippen LogP contribution in [0.1, 0.15) is 66.2 Å². The Balaban J connectivity index is 2.70. The first-order valence-electron chi connectivity index (χ1n) is 8.05. The highest BCUT2D eigenvalue weighted by Gasteiger charge is 2.30. The maximum atomic E-state index is 6.11. The number of hydrogen-bond acceptors (Lipinski definition) is 2. The summed E-state index contributed by atoms with van der Waals surface area (Å²) >= 11 is 0. The van der Waals surface area contributed by atoms with Crippen LogP contribution in [0.2, 0.25) is 0 Å². The van der Waals surface area contributed by atoms with Crippen LogP contribution in [-0.4, -0.2) is 30.1 Å². The van der Waals surface area contributed by atoms with Crippen LogP contribution >= 0.6 is 0 Å². The highest BCUT2D eigenvalue weighted by molar-refractivity contribution is 4.86. The van der Waals surface area contributed by atoms with Gasteiger partial charge in [-0.2, -0.15) is 0 Å². The number of nitrogens with zero attached hydrogens (tertiary/aromatic N) is 1. The Morgan fingerprint density at radius 3 is 2.22 bits per heavy atom. The predicted molar refractivity (Wildman–Crippen MR) is 80.7 cm³/mol. The van der Waals surface area contributed by atoms with Crippen molar-refractivity contribution in [1.82, 2.24) is 4.90 Å². The fraction of sp³-hybridized carbons (Fsp3) is 1.00. The van der Waals surface area contributed by atoms with E-state index in [1.54, 1.807) is 0 Å². The van der Waals surface area contributed by atoms with E-state index < -0.39 is 0 Å². The van der Waals surface area contributed by atoms with Crippen molar-refractivity contribution in [2.75, 3.05) is 13.1 Å². The lowest BCUT2D eigenvalue weighted by Gasteiger charge is -2.40. The smallest absolute Gasteiger partial charge is 0.0247 e. The summed E-state index contributed by atoms with van der Waals surface area (Å²) in [5, 5.41) is 0. The second kappa shape index (κ2) is 8.16. The van der Waals surface area contributed by atoms with Crippen molar-refractivity contribution >= 4 is 0 Å². The molecule has 1 saturated carbocycles. The molecule has 2 N–H and O–H groups in total. The molecule has 0 heterocycles. The van der Waals surface area contributed by atoms with Crippen molar-refractivity contribution in [1.29, 1.82) is 0 Å². The lowest BCUT2D eigenvalue weighted by molar-refractivity contribution is 0.0852. The molecule has 0 aromatic heterocycles. The van der Waals surface area contributed by atoms with E-state index in [2.05, 4.69) is 32.6 Å². The average molecular weight is 254 g/mol. The Labute approximate surface area is 114 Å². The van der Waals surface area contributed by atoms with Crippen molar-refractivity contribution in [2.45, 2.75) is 78.3 Å². The zero-order valence-electron chi connectivity index (χ0n) is 13.0. The molecule has 1 aliphatic carbocycles. The van der Waals surface area contributed by atoms with E-state index in [-0.39, 0.29) is 0 Å². The molecular formula is C16H34N2. The van der Waals surface area contributed by atoms with Crippen LogP contribution in [0.3, 0.4) is 0 Å². The monoisotopic (exact) mass is 254 g/mol. The molecule has 0 saturated heterocycles. The van der Waals surface area contributed by atoms with E-state index in [0.29, 0.717) is 6.04 Å². The third-order valence-electron chi connectivity index (χ3n) is 4.44. The second-order valence-electron chi connectivity index (χ2n) is 6.60. The van der Waals surface area contributed by atoms with E-state index >= 15 is 0 Å². The first kappa shape index (κ1) is 16.0. The minimum Gasteiger partial charge on any atom is -0.329 e. The molecule has 2 nitrogen and oxygen atoms in total. The van der Waals surface area contributed by atoms with Gasteiger partial charge >= 0.3 is 0 Å². The minimum atomic E-state index is 0.593. The van der Waals surface area contributed by atoms with E-state index in [1.807, 2.05) is 0 Å². The van der Waals surface area contributed by atoms with Gasteiger partial charge in [0.1, 0.15) is 0 Å². The van der Waals surface area contributed by atoms with E-state index in [0.717, 1.165) is 24.4 Å². The zero-order chi connectivity index (χ0) is 13.5. The van der Waals surface area contributed by atoms with Gasteiger partial charge < -0.3 is 5.73 Å². The maximum absolute atomic E-state index is 6.11. The predicted octanol–water partition coefficient (Wildman–Crippen LogP) is 3.65. The van der Waals surface area contributed by atoms with Crippen molar-refractivity contribution < 1.29 is 0 Å². The van der Waals surface area contributed by atoms with Gasteiger partial charge in [0.05, 0.1) is 0 Å². The molecule has 0 radical (unpaired) electrons. The van der Waals surface area contributed by atoms with Gasteiger partial charge in [-0.25, -0.2) is 0 Å². The molecule has 0 bridgehead atoms. The summed E-state index contributed by atoms with van der Waals surface area (Å²) in [6.07, 6.45) is 8.20. The highest BCUT2D eigenvalue weighted by Crippen LogP contribution is 2.28. The van der Waals surface area contributed by atoms with E-state index in [1.165, 1.54) is 45.1 Å². The third-order valence-corrected chi connectivity index (χ3v) is 4.44. The van der Waals surface area contributed by atoms with Gasteiger partial charge in [-0.1, -0.05) is 47.0 Å². The molecule has 0 amide bonds. The summed E-state index contributed by atoms with van der Waals surface area (Å²) in [5.74, 6) is 1.48. The van der Waals surface area contributed by atoms with Crippen LogP contribution in [0, 0.1) is 11.8 Å². The fourth-order valence-corrected chi connectivity index (χ4v) is 3.56. The topological polar surface area (TPSA) is 29.3 Å². The quantitative estimate of drug-likeness (QED) is 0.716. The van der Waals surface area contributed by atoms with Gasteiger partial charge in [0.2, 0.25) is 0 Å². The first-order valence-corrected chi connectivity index (χ1v) is 8.05. The molecule has 0 spiro atoms. The molecular weight excluding hydrogens is 220 g/mol. The molecule has 2 heteroatoms. The van der Waals surface area contributed by atoms with Gasteiger partial charge in [0.15, 0.2) is 0 Å². The second-order valence-corrected chi connectivity index (χ2v) is 6.60. The van der Waals surface area contributed by atoms with Crippen LogP contribution < -0.4 is 5.73 Å². The molecule has 1 fully saturated rings. The summed E-state index contributed by atoms with van der Waals surface area (Å²) < 4.78 is 0. The Morgan fingerprint density at radius 1 is 1.17 bits per heavy atom. The standard InChI is InChI=1S/C16H34N2/c1-5-8-14(4)16(11-17)18(12-13(2)3)15-9-6-7-10-15/h13-16H,5-12,17H2,1-4H3. The lowest BCUT2D eigenvalue weighted by atomic mass is 9.93. The zero-order valence-corrected chi connectivity index (χ0v) is 13.0. The normalized spacial score (nSPS) is 20.8. The van der Waals surface area contributed by atoms with Gasteiger partial charge in [-0.3, -0.25) is 4.90 Å². The Kier molecular flexibility index (Phi) is 7.25. The van der Waals surface area contributed by atoms with Crippen LogP contribution in [0.15, 0.2) is 0 Å². The Morgan fingerprint density at radius 2 is 1.78 bits per heavy atom. The summed E-state index contributed by atoms with van der Waals surface area (Å²) in [4.78, 5) is 2.76. The molecule has 0 aliphatic heterocycles. The molecule has 0 aromatic rings. The molecule has 0 aromatic carbocycles. The van der Waals surface area contributed by atoms with Crippen LogP contribution in [-0.2, 0) is 0 Å². The maximum Gasteiger partial charge on any atom is 0.0247 e. The van der Waals surface area contributed by atoms with Gasteiger partial charge in [0, 0.05) is 25.2 Å². The lowest BCUT2D eigenvalue weighted by Crippen LogP contribution is -2.50. The fourth-order valence-electron chi connectivity index (χ4n) is 3.56. The van der Waals surface area contributed by atoms with E-state index in [4.69, 9.17) is 5.73 Å². The molecule has 2 unspecified atom stereocenters. The number of nitrogens with two attached hydrogens (primary N) is 1. The highest BCUT2D eigenvalue weighted by atomic mass is 15.2. The van der Waals surface area contributed by atoms with Gasteiger partial charge in [-0.15, -0.1) is 0 Å². The first-order chi connectivity index (χ1) is 8.60. The average Bonchev–Trinajstić information content (AvgIpc) is 2.81. The van der Waals surface area contributed by atoms with Crippen molar-refractivity contribution in [2.24, 2.45) is 17.6 Å². The molecule has 1 rings (SSSR count). The molecule has 2 atom stereocenters. The Bertz CT molecular complexity index is 209. The largest absolute Gasteiger partial charge is 0.329 e. The Hall–Kier alpha value is -0.0800. The van der Waals surface area contributed by atoms with E-state index in [9.17, 15) is 0 Å². The van der Waals surface area contributed by atoms with Gasteiger partial charge in [0.25, 0.3) is 0 Å². The summed E-state index contributed by atoms with van der Waals surface area (Å²) in [6.45, 7) is 11.4. The van der Waals surface area contributed by atoms with Crippen LogP contribution in [0.25, 0.3) is 0 Å². The summed E-state index contributed by atoms with van der Waals surface area (Å²) in [6, 6.07) is 1.40. The summed E-state index contributed by atoms with van der Waals surface area (Å²) in [5.41, 5.74) is 6.11. The summed E-state index contributed by atoms with van der Waals surface area (Å²) in [7, 11) is 0. The molecule has 18 heavy (non-hydrogen) atoms. The van der Waals surface area contributed by atoms with Crippen molar-refractivity contribution in [3.63, 3.8) is 0 Å².